The molecule has 0 saturated heterocycles. The summed E-state index contributed by atoms with van der Waals surface area (Å²) in [6, 6.07) is 14.2. The SMILES string of the molecule is COc1ccc(CNC(=O)COc2cccc(C(C)=O)c2)cc1. The van der Waals surface area contributed by atoms with E-state index in [1.807, 2.05) is 24.3 Å². The van der Waals surface area contributed by atoms with Crippen molar-refractivity contribution in [2.45, 2.75) is 13.5 Å². The van der Waals surface area contributed by atoms with Gasteiger partial charge in [-0.15, -0.1) is 0 Å². The lowest BCUT2D eigenvalue weighted by molar-refractivity contribution is -0.123. The first-order valence-corrected chi connectivity index (χ1v) is 7.22. The normalized spacial score (nSPS) is 10.0. The fourth-order valence-electron chi connectivity index (χ4n) is 1.95. The number of ether oxygens (including phenoxy) is 2. The van der Waals surface area contributed by atoms with Gasteiger partial charge in [0.25, 0.3) is 5.91 Å². The van der Waals surface area contributed by atoms with Crippen molar-refractivity contribution in [3.63, 3.8) is 0 Å². The molecule has 1 amide bonds. The number of hydrogen-bond donors (Lipinski definition) is 1. The molecule has 0 bridgehead atoms. The molecule has 5 nitrogen and oxygen atoms in total. The molecule has 0 fully saturated rings. The van der Waals surface area contributed by atoms with Crippen LogP contribution in [0.15, 0.2) is 48.5 Å². The fraction of sp³-hybridized carbons (Fsp3) is 0.222. The van der Waals surface area contributed by atoms with Gasteiger partial charge >= 0.3 is 0 Å². The summed E-state index contributed by atoms with van der Waals surface area (Å²) >= 11 is 0. The Labute approximate surface area is 135 Å². The third kappa shape index (κ3) is 5.14. The van der Waals surface area contributed by atoms with Crippen molar-refractivity contribution in [2.75, 3.05) is 13.7 Å². The number of rotatable bonds is 7. The number of amides is 1. The summed E-state index contributed by atoms with van der Waals surface area (Å²) < 4.78 is 10.5. The van der Waals surface area contributed by atoms with E-state index in [4.69, 9.17) is 9.47 Å². The molecule has 1 N–H and O–H groups in total. The molecule has 2 aromatic carbocycles. The Hall–Kier alpha value is -2.82. The Morgan fingerprint density at radius 3 is 2.43 bits per heavy atom. The Morgan fingerprint density at radius 1 is 1.04 bits per heavy atom. The van der Waals surface area contributed by atoms with E-state index in [0.717, 1.165) is 11.3 Å². The molecule has 0 atom stereocenters. The lowest BCUT2D eigenvalue weighted by atomic mass is 10.1. The standard InChI is InChI=1S/C18H19NO4/c1-13(20)15-4-3-5-17(10-15)23-12-18(21)19-11-14-6-8-16(22-2)9-7-14/h3-10H,11-12H2,1-2H3,(H,19,21). The van der Waals surface area contributed by atoms with Gasteiger partial charge in [-0.2, -0.15) is 0 Å². The highest BCUT2D eigenvalue weighted by Gasteiger charge is 2.05. The van der Waals surface area contributed by atoms with Crippen LogP contribution in [-0.2, 0) is 11.3 Å². The molecular formula is C18H19NO4. The molecule has 23 heavy (non-hydrogen) atoms. The number of Topliss-reactive ketones (excluding diaryl/α,β-unsaturated/α-hetero) is 1. The van der Waals surface area contributed by atoms with Gasteiger partial charge in [-0.1, -0.05) is 24.3 Å². The molecule has 5 heteroatoms. The van der Waals surface area contributed by atoms with Crippen LogP contribution >= 0.6 is 0 Å². The molecule has 2 rings (SSSR count). The predicted molar refractivity (Wildman–Crippen MR) is 86.8 cm³/mol. The van der Waals surface area contributed by atoms with Crippen LogP contribution < -0.4 is 14.8 Å². The highest BCUT2D eigenvalue weighted by atomic mass is 16.5. The average molecular weight is 313 g/mol. The molecule has 0 aliphatic heterocycles. The van der Waals surface area contributed by atoms with Gasteiger partial charge in [0.05, 0.1) is 7.11 Å². The topological polar surface area (TPSA) is 64.6 Å². The molecule has 2 aromatic rings. The highest BCUT2D eigenvalue weighted by molar-refractivity contribution is 5.94. The Balaban J connectivity index is 1.80. The van der Waals surface area contributed by atoms with Crippen molar-refractivity contribution in [3.8, 4) is 11.5 Å². The van der Waals surface area contributed by atoms with Crippen molar-refractivity contribution in [1.82, 2.24) is 5.32 Å². The smallest absolute Gasteiger partial charge is 0.258 e. The van der Waals surface area contributed by atoms with Crippen LogP contribution in [0.1, 0.15) is 22.8 Å². The molecule has 0 aliphatic carbocycles. The van der Waals surface area contributed by atoms with Gasteiger partial charge in [-0.3, -0.25) is 9.59 Å². The summed E-state index contributed by atoms with van der Waals surface area (Å²) in [5.41, 5.74) is 1.53. The summed E-state index contributed by atoms with van der Waals surface area (Å²) in [5.74, 6) is 1.000. The maximum Gasteiger partial charge on any atom is 0.258 e. The molecule has 0 radical (unpaired) electrons. The minimum atomic E-state index is -0.228. The fourth-order valence-corrected chi connectivity index (χ4v) is 1.95. The van der Waals surface area contributed by atoms with Crippen molar-refractivity contribution in [1.29, 1.82) is 0 Å². The minimum absolute atomic E-state index is 0.0422. The molecular weight excluding hydrogens is 294 g/mol. The molecule has 0 saturated carbocycles. The highest BCUT2D eigenvalue weighted by Crippen LogP contribution is 2.14. The third-order valence-corrected chi connectivity index (χ3v) is 3.26. The van der Waals surface area contributed by atoms with Crippen molar-refractivity contribution >= 4 is 11.7 Å². The molecule has 0 spiro atoms. The van der Waals surface area contributed by atoms with E-state index in [1.165, 1.54) is 6.92 Å². The maximum atomic E-state index is 11.8. The van der Waals surface area contributed by atoms with Crippen molar-refractivity contribution in [3.05, 3.63) is 59.7 Å². The van der Waals surface area contributed by atoms with Gasteiger partial charge in [0.2, 0.25) is 0 Å². The maximum absolute atomic E-state index is 11.8. The molecule has 0 unspecified atom stereocenters. The van der Waals surface area contributed by atoms with Crippen LogP contribution in [0.2, 0.25) is 0 Å². The summed E-state index contributed by atoms with van der Waals surface area (Å²) in [4.78, 5) is 23.1. The zero-order valence-electron chi connectivity index (χ0n) is 13.2. The molecule has 0 aromatic heterocycles. The van der Waals surface area contributed by atoms with E-state index >= 15 is 0 Å². The number of methoxy groups -OCH3 is 1. The first-order chi connectivity index (χ1) is 11.1. The summed E-state index contributed by atoms with van der Waals surface area (Å²) in [7, 11) is 1.61. The molecule has 0 aliphatic rings. The number of benzene rings is 2. The zero-order valence-corrected chi connectivity index (χ0v) is 13.2. The van der Waals surface area contributed by atoms with Crippen LogP contribution in [0.4, 0.5) is 0 Å². The number of ketones is 1. The second-order valence-electron chi connectivity index (χ2n) is 5.00. The third-order valence-electron chi connectivity index (χ3n) is 3.26. The first-order valence-electron chi connectivity index (χ1n) is 7.22. The quantitative estimate of drug-likeness (QED) is 0.798. The van der Waals surface area contributed by atoms with E-state index in [1.54, 1.807) is 31.4 Å². The summed E-state index contributed by atoms with van der Waals surface area (Å²) in [6.07, 6.45) is 0. The minimum Gasteiger partial charge on any atom is -0.497 e. The average Bonchev–Trinajstić information content (AvgIpc) is 2.58. The number of carbonyl (C=O) groups excluding carboxylic acids is 2. The van der Waals surface area contributed by atoms with Crippen LogP contribution in [-0.4, -0.2) is 25.4 Å². The van der Waals surface area contributed by atoms with Crippen LogP contribution in [0.25, 0.3) is 0 Å². The molecule has 120 valence electrons. The Morgan fingerprint density at radius 2 is 1.78 bits per heavy atom. The van der Waals surface area contributed by atoms with E-state index < -0.39 is 0 Å². The van der Waals surface area contributed by atoms with Crippen molar-refractivity contribution < 1.29 is 19.1 Å². The first kappa shape index (κ1) is 16.5. The van der Waals surface area contributed by atoms with E-state index in [9.17, 15) is 9.59 Å². The molecule has 0 heterocycles. The summed E-state index contributed by atoms with van der Waals surface area (Å²) in [6.45, 7) is 1.80. The Bertz CT molecular complexity index is 680. The van der Waals surface area contributed by atoms with Gasteiger partial charge in [0.15, 0.2) is 12.4 Å². The van der Waals surface area contributed by atoms with Gasteiger partial charge in [0.1, 0.15) is 11.5 Å². The number of nitrogens with one attached hydrogen (secondary N) is 1. The van der Waals surface area contributed by atoms with Crippen LogP contribution in [0.3, 0.4) is 0 Å². The van der Waals surface area contributed by atoms with Gasteiger partial charge in [-0.25, -0.2) is 0 Å². The van der Waals surface area contributed by atoms with Crippen LogP contribution in [0.5, 0.6) is 11.5 Å². The van der Waals surface area contributed by atoms with Crippen molar-refractivity contribution in [2.24, 2.45) is 0 Å². The Kier molecular flexibility index (Phi) is 5.74. The lowest BCUT2D eigenvalue weighted by Gasteiger charge is -2.08. The second-order valence-corrected chi connectivity index (χ2v) is 5.00. The van der Waals surface area contributed by atoms with E-state index in [-0.39, 0.29) is 18.3 Å². The number of carbonyl (C=O) groups is 2. The predicted octanol–water partition coefficient (Wildman–Crippen LogP) is 2.59. The van der Waals surface area contributed by atoms with E-state index in [0.29, 0.717) is 17.9 Å². The number of hydrogen-bond acceptors (Lipinski definition) is 4. The largest absolute Gasteiger partial charge is 0.497 e. The van der Waals surface area contributed by atoms with E-state index in [2.05, 4.69) is 5.32 Å². The van der Waals surface area contributed by atoms with Gasteiger partial charge in [0, 0.05) is 12.1 Å². The van der Waals surface area contributed by atoms with Gasteiger partial charge in [-0.05, 0) is 36.8 Å². The summed E-state index contributed by atoms with van der Waals surface area (Å²) in [5, 5.41) is 2.77. The van der Waals surface area contributed by atoms with Crippen LogP contribution in [0, 0.1) is 0 Å². The van der Waals surface area contributed by atoms with Gasteiger partial charge < -0.3 is 14.8 Å². The monoisotopic (exact) mass is 313 g/mol. The second kappa shape index (κ2) is 7.98. The lowest BCUT2D eigenvalue weighted by Crippen LogP contribution is -2.28. The zero-order chi connectivity index (χ0) is 16.7.